The maximum absolute atomic E-state index is 6.19. The highest BCUT2D eigenvalue weighted by molar-refractivity contribution is 9.09. The van der Waals surface area contributed by atoms with Gasteiger partial charge in [0.15, 0.2) is 0 Å². The Morgan fingerprint density at radius 2 is 0.804 bits per heavy atom. The molecule has 296 valence electrons. The van der Waals surface area contributed by atoms with Crippen molar-refractivity contribution < 1.29 is 9.47 Å². The van der Waals surface area contributed by atoms with Gasteiger partial charge in [0.1, 0.15) is 11.5 Å². The molecule has 56 heavy (non-hydrogen) atoms. The summed E-state index contributed by atoms with van der Waals surface area (Å²) < 4.78 is 12.4. The summed E-state index contributed by atoms with van der Waals surface area (Å²) in [4.78, 5) is 16.4. The van der Waals surface area contributed by atoms with Gasteiger partial charge in [-0.2, -0.15) is 0 Å². The van der Waals surface area contributed by atoms with E-state index in [4.69, 9.17) is 9.47 Å². The zero-order valence-electron chi connectivity index (χ0n) is 34.4. The number of ether oxygens (including phenoxy) is 2. The minimum Gasteiger partial charge on any atom is -0.493 e. The van der Waals surface area contributed by atoms with Crippen LogP contribution in [-0.4, -0.2) is 43.8 Å². The first-order chi connectivity index (χ1) is 27.2. The molecule has 2 aromatic carbocycles. The number of H-pyrrole nitrogens is 4. The molecule has 1 aliphatic heterocycles. The summed E-state index contributed by atoms with van der Waals surface area (Å²) in [6.45, 7) is 19.7. The highest BCUT2D eigenvalue weighted by Crippen LogP contribution is 2.43. The Hall–Kier alpha value is -3.88. The Morgan fingerprint density at radius 3 is 1.07 bits per heavy atom. The number of fused-ring (bicyclic) bond motifs is 8. The third kappa shape index (κ3) is 7.37. The maximum atomic E-state index is 6.19. The fraction of sp³-hybridized carbons (Fsp3) is 0.417. The third-order valence-electron chi connectivity index (χ3n) is 12.4. The lowest BCUT2D eigenvalue weighted by molar-refractivity contribution is 0.344. The predicted molar refractivity (Wildman–Crippen MR) is 239 cm³/mol. The molecule has 0 spiro atoms. The number of halogens is 2. The van der Waals surface area contributed by atoms with Gasteiger partial charge in [-0.05, 0) is 133 Å². The van der Waals surface area contributed by atoms with Crippen LogP contribution < -0.4 is 9.47 Å². The monoisotopic (exact) mass is 880 g/mol. The van der Waals surface area contributed by atoms with Gasteiger partial charge in [-0.15, -0.1) is 0 Å². The van der Waals surface area contributed by atoms with E-state index in [2.05, 4.69) is 156 Å². The second-order valence-electron chi connectivity index (χ2n) is 15.3. The van der Waals surface area contributed by atoms with Crippen molar-refractivity contribution in [2.45, 2.75) is 106 Å². The Bertz CT molecular complexity index is 2050. The number of aromatic amines is 4. The van der Waals surface area contributed by atoms with Crippen molar-refractivity contribution in [2.75, 3.05) is 23.9 Å². The van der Waals surface area contributed by atoms with Crippen LogP contribution in [0.2, 0.25) is 0 Å². The first-order valence-corrected chi connectivity index (χ1v) is 22.8. The van der Waals surface area contributed by atoms with E-state index in [-0.39, 0.29) is 11.8 Å². The molecule has 0 fully saturated rings. The van der Waals surface area contributed by atoms with E-state index in [1.807, 2.05) is 0 Å². The largest absolute Gasteiger partial charge is 0.493 e. The zero-order chi connectivity index (χ0) is 39.7. The quantitative estimate of drug-likeness (QED) is 0.0922. The van der Waals surface area contributed by atoms with Gasteiger partial charge in [0.05, 0.1) is 25.0 Å². The number of aromatic nitrogens is 4. The second kappa shape index (κ2) is 17.3. The van der Waals surface area contributed by atoms with Crippen LogP contribution in [0.5, 0.6) is 11.5 Å². The topological polar surface area (TPSA) is 81.6 Å². The molecule has 1 aliphatic rings. The molecule has 0 radical (unpaired) electrons. The summed E-state index contributed by atoms with van der Waals surface area (Å²) in [6, 6.07) is 17.5. The van der Waals surface area contributed by atoms with Crippen molar-refractivity contribution in [1.29, 1.82) is 0 Å². The number of benzene rings is 2. The van der Waals surface area contributed by atoms with E-state index in [1.165, 1.54) is 101 Å². The zero-order valence-corrected chi connectivity index (χ0v) is 37.6. The fourth-order valence-electron chi connectivity index (χ4n) is 9.74. The van der Waals surface area contributed by atoms with Crippen LogP contribution in [0, 0.1) is 27.7 Å². The van der Waals surface area contributed by atoms with Crippen LogP contribution in [0.25, 0.3) is 0 Å². The summed E-state index contributed by atoms with van der Waals surface area (Å²) in [6.07, 6.45) is 5.43. The number of nitrogens with one attached hydrogen (secondary N) is 4. The van der Waals surface area contributed by atoms with Gasteiger partial charge in [0, 0.05) is 69.1 Å². The summed E-state index contributed by atoms with van der Waals surface area (Å²) in [5.41, 5.74) is 23.6. The van der Waals surface area contributed by atoms with Crippen LogP contribution in [-0.2, 0) is 38.5 Å². The minimum atomic E-state index is -0.0184. The van der Waals surface area contributed by atoms with Crippen LogP contribution in [0.1, 0.15) is 141 Å². The van der Waals surface area contributed by atoms with Gasteiger partial charge in [0.2, 0.25) is 0 Å². The lowest BCUT2D eigenvalue weighted by Crippen LogP contribution is -2.09. The fourth-order valence-corrected chi connectivity index (χ4v) is 10.1. The van der Waals surface area contributed by atoms with Crippen LogP contribution in [0.4, 0.5) is 0 Å². The Kier molecular flexibility index (Phi) is 12.5. The number of rotatable bonds is 12. The molecule has 6 nitrogen and oxygen atoms in total. The highest BCUT2D eigenvalue weighted by atomic mass is 79.9. The average Bonchev–Trinajstić information content (AvgIpc) is 3.89. The number of hydrogen-bond acceptors (Lipinski definition) is 2. The van der Waals surface area contributed by atoms with Crippen LogP contribution >= 0.6 is 31.9 Å². The number of alkyl halides is 2. The molecule has 8 heteroatoms. The summed E-state index contributed by atoms with van der Waals surface area (Å²) >= 11 is 7.10. The molecule has 6 aromatic rings. The molecule has 0 amide bonds. The maximum Gasteiger partial charge on any atom is 0.119 e. The van der Waals surface area contributed by atoms with Gasteiger partial charge in [-0.1, -0.05) is 83.8 Å². The van der Waals surface area contributed by atoms with E-state index < -0.39 is 0 Å². The van der Waals surface area contributed by atoms with Crippen molar-refractivity contribution in [3.63, 3.8) is 0 Å². The molecule has 8 bridgehead atoms. The molecule has 0 saturated heterocycles. The molecular formula is C48H58Br2N4O2. The van der Waals surface area contributed by atoms with Crippen LogP contribution in [0.15, 0.2) is 48.5 Å². The van der Waals surface area contributed by atoms with Crippen LogP contribution in [0.3, 0.4) is 0 Å². The molecule has 5 heterocycles. The number of hydrogen-bond donors (Lipinski definition) is 4. The van der Waals surface area contributed by atoms with Crippen molar-refractivity contribution in [1.82, 2.24) is 19.9 Å². The van der Waals surface area contributed by atoms with Crippen molar-refractivity contribution >= 4 is 31.9 Å². The summed E-state index contributed by atoms with van der Waals surface area (Å²) in [5, 5.41) is 1.58. The molecule has 0 saturated carbocycles. The Morgan fingerprint density at radius 1 is 0.500 bits per heavy atom. The van der Waals surface area contributed by atoms with Crippen molar-refractivity contribution in [2.24, 2.45) is 0 Å². The van der Waals surface area contributed by atoms with E-state index >= 15 is 0 Å². The predicted octanol–water partition coefficient (Wildman–Crippen LogP) is 11.9. The van der Waals surface area contributed by atoms with Gasteiger partial charge >= 0.3 is 0 Å². The molecular weight excluding hydrogens is 824 g/mol. The van der Waals surface area contributed by atoms with E-state index in [1.54, 1.807) is 0 Å². The van der Waals surface area contributed by atoms with Gasteiger partial charge < -0.3 is 29.4 Å². The smallest absolute Gasteiger partial charge is 0.119 e. The van der Waals surface area contributed by atoms with Crippen molar-refractivity contribution in [3.05, 3.63) is 150 Å². The summed E-state index contributed by atoms with van der Waals surface area (Å²) in [5.74, 6) is 1.76. The molecule has 7 rings (SSSR count). The molecule has 0 atom stereocenters. The Labute approximate surface area is 350 Å². The first kappa shape index (κ1) is 40.3. The first-order valence-electron chi connectivity index (χ1n) is 20.6. The molecule has 4 N–H and O–H groups in total. The van der Waals surface area contributed by atoms with E-state index in [9.17, 15) is 0 Å². The van der Waals surface area contributed by atoms with Crippen molar-refractivity contribution in [3.8, 4) is 11.5 Å². The van der Waals surface area contributed by atoms with E-state index in [0.717, 1.165) is 60.7 Å². The summed E-state index contributed by atoms with van der Waals surface area (Å²) in [7, 11) is 0. The molecule has 4 aromatic heterocycles. The molecule has 0 unspecified atom stereocenters. The third-order valence-corrected chi connectivity index (χ3v) is 13.0. The standard InChI is InChI=1S/C48H58Br2N4O2/c1-9-35-27(5)45-43(31-15-13-17-33(23-31)55-21-19-49)46-29(7)37(11-3)41(53-46)26-42-38(12-4)30(8)48(54-42)44(32-16-14-18-34(24-32)56-22-20-50)47-28(6)36(10-2)40(52-47)25-39(35)51-45/h13-18,23-24,43-44,51-54H,9-12,19-22,25-26H2,1-8H3. The highest BCUT2D eigenvalue weighted by Gasteiger charge is 2.32. The lowest BCUT2D eigenvalue weighted by atomic mass is 9.87. The second-order valence-corrected chi connectivity index (χ2v) is 16.9. The molecule has 0 aliphatic carbocycles. The van der Waals surface area contributed by atoms with E-state index in [0.29, 0.717) is 13.2 Å². The minimum absolute atomic E-state index is 0.0184. The SMILES string of the molecule is CCc1c2[nH]c(c1C)C(c1cccc(OCCBr)c1)c1[nH]c(c(CC)c1C)Cc1[nH]c(c(C)c1CC)C(c1cccc(OCCBr)c1)c1[nH]c(c(CC)c1C)C2. The normalized spacial score (nSPS) is 15.4. The van der Waals surface area contributed by atoms with Gasteiger partial charge in [-0.3, -0.25) is 0 Å². The lowest BCUT2D eigenvalue weighted by Gasteiger charge is -2.20. The Balaban J connectivity index is 1.52. The average molecular weight is 883 g/mol. The van der Waals surface area contributed by atoms with Gasteiger partial charge in [-0.25, -0.2) is 0 Å². The van der Waals surface area contributed by atoms with Gasteiger partial charge in [0.25, 0.3) is 0 Å².